The standard InChI is InChI=1S/C13H17FN2O.2ClH/c1-13(2)9-16(12(17)7-15-13)8-10-3-5-11(14)6-4-10;;/h3-6,15H,7-9H2,1-2H3;2*1H. The van der Waals surface area contributed by atoms with Crippen molar-refractivity contribution in [2.45, 2.75) is 25.9 Å². The molecule has 19 heavy (non-hydrogen) atoms. The van der Waals surface area contributed by atoms with E-state index in [2.05, 4.69) is 19.2 Å². The average molecular weight is 309 g/mol. The molecule has 0 bridgehead atoms. The Morgan fingerprint density at radius 2 is 1.84 bits per heavy atom. The summed E-state index contributed by atoms with van der Waals surface area (Å²) >= 11 is 0. The van der Waals surface area contributed by atoms with Crippen molar-refractivity contribution in [1.82, 2.24) is 10.2 Å². The highest BCUT2D eigenvalue weighted by atomic mass is 35.5. The molecular formula is C13H19Cl2FN2O. The molecule has 1 aromatic carbocycles. The van der Waals surface area contributed by atoms with Gasteiger partial charge in [0.25, 0.3) is 0 Å². The van der Waals surface area contributed by atoms with Crippen molar-refractivity contribution in [3.05, 3.63) is 35.6 Å². The van der Waals surface area contributed by atoms with E-state index in [1.165, 1.54) is 12.1 Å². The minimum Gasteiger partial charge on any atom is -0.335 e. The number of amides is 1. The summed E-state index contributed by atoms with van der Waals surface area (Å²) in [4.78, 5) is 13.6. The third-order valence-corrected chi connectivity index (χ3v) is 2.94. The Hall–Kier alpha value is -0.840. The number of hydrogen-bond donors (Lipinski definition) is 1. The molecule has 0 atom stereocenters. The molecule has 0 aromatic heterocycles. The van der Waals surface area contributed by atoms with Gasteiger partial charge in [-0.2, -0.15) is 0 Å². The number of piperazine rings is 1. The van der Waals surface area contributed by atoms with E-state index in [4.69, 9.17) is 0 Å². The summed E-state index contributed by atoms with van der Waals surface area (Å²) in [5.74, 6) is -0.158. The normalized spacial score (nSPS) is 17.4. The van der Waals surface area contributed by atoms with Crippen molar-refractivity contribution < 1.29 is 9.18 Å². The van der Waals surface area contributed by atoms with E-state index in [1.807, 2.05) is 4.90 Å². The van der Waals surface area contributed by atoms with Crippen LogP contribution in [0.15, 0.2) is 24.3 Å². The summed E-state index contributed by atoms with van der Waals surface area (Å²) in [6, 6.07) is 6.29. The molecule has 1 aromatic rings. The van der Waals surface area contributed by atoms with Gasteiger partial charge in [0.05, 0.1) is 6.54 Å². The number of carbonyl (C=O) groups excluding carboxylic acids is 1. The van der Waals surface area contributed by atoms with Crippen LogP contribution >= 0.6 is 24.8 Å². The summed E-state index contributed by atoms with van der Waals surface area (Å²) in [6.45, 7) is 5.72. The lowest BCUT2D eigenvalue weighted by molar-refractivity contribution is -0.135. The van der Waals surface area contributed by atoms with Crippen LogP contribution < -0.4 is 5.32 Å². The summed E-state index contributed by atoms with van der Waals surface area (Å²) in [6.07, 6.45) is 0. The molecule has 1 heterocycles. The molecule has 0 saturated carbocycles. The smallest absolute Gasteiger partial charge is 0.236 e. The van der Waals surface area contributed by atoms with Crippen LogP contribution in [-0.2, 0) is 11.3 Å². The Morgan fingerprint density at radius 3 is 2.42 bits per heavy atom. The maximum absolute atomic E-state index is 12.8. The first-order valence-corrected chi connectivity index (χ1v) is 5.73. The van der Waals surface area contributed by atoms with Gasteiger partial charge in [-0.1, -0.05) is 12.1 Å². The van der Waals surface area contributed by atoms with Gasteiger partial charge < -0.3 is 10.2 Å². The predicted molar refractivity (Wildman–Crippen MR) is 78.4 cm³/mol. The number of hydrogen-bond acceptors (Lipinski definition) is 2. The number of carbonyl (C=O) groups is 1. The molecule has 3 nitrogen and oxygen atoms in total. The van der Waals surface area contributed by atoms with Gasteiger partial charge in [0.2, 0.25) is 5.91 Å². The topological polar surface area (TPSA) is 32.3 Å². The highest BCUT2D eigenvalue weighted by Gasteiger charge is 2.30. The van der Waals surface area contributed by atoms with Gasteiger partial charge in [0.1, 0.15) is 5.82 Å². The Balaban J connectivity index is 0.00000162. The fourth-order valence-electron chi connectivity index (χ4n) is 2.00. The van der Waals surface area contributed by atoms with Crippen LogP contribution in [0.25, 0.3) is 0 Å². The molecule has 0 spiro atoms. The number of halogens is 3. The van der Waals surface area contributed by atoms with Crippen molar-refractivity contribution in [3.63, 3.8) is 0 Å². The van der Waals surface area contributed by atoms with Crippen LogP contribution in [0.3, 0.4) is 0 Å². The number of rotatable bonds is 2. The third kappa shape index (κ3) is 4.97. The highest BCUT2D eigenvalue weighted by Crippen LogP contribution is 2.14. The monoisotopic (exact) mass is 308 g/mol. The molecule has 1 aliphatic rings. The quantitative estimate of drug-likeness (QED) is 0.910. The van der Waals surface area contributed by atoms with Crippen LogP contribution in [0.4, 0.5) is 4.39 Å². The molecule has 1 N–H and O–H groups in total. The Labute approximate surface area is 125 Å². The largest absolute Gasteiger partial charge is 0.335 e. The number of benzene rings is 1. The molecule has 1 fully saturated rings. The van der Waals surface area contributed by atoms with Gasteiger partial charge in [-0.15, -0.1) is 24.8 Å². The molecule has 0 aliphatic carbocycles. The van der Waals surface area contributed by atoms with Crippen LogP contribution in [0.2, 0.25) is 0 Å². The van der Waals surface area contributed by atoms with E-state index in [1.54, 1.807) is 12.1 Å². The summed E-state index contributed by atoms with van der Waals surface area (Å²) < 4.78 is 12.8. The van der Waals surface area contributed by atoms with E-state index in [0.29, 0.717) is 19.6 Å². The van der Waals surface area contributed by atoms with Gasteiger partial charge in [-0.25, -0.2) is 4.39 Å². The van der Waals surface area contributed by atoms with E-state index in [-0.39, 0.29) is 42.1 Å². The summed E-state index contributed by atoms with van der Waals surface area (Å²) in [5.41, 5.74) is 0.894. The van der Waals surface area contributed by atoms with E-state index < -0.39 is 0 Å². The van der Waals surface area contributed by atoms with Gasteiger partial charge >= 0.3 is 0 Å². The fourth-order valence-corrected chi connectivity index (χ4v) is 2.00. The lowest BCUT2D eigenvalue weighted by Crippen LogP contribution is -2.59. The SMILES string of the molecule is CC1(C)CN(Cc2ccc(F)cc2)C(=O)CN1.Cl.Cl. The van der Waals surface area contributed by atoms with Crippen molar-refractivity contribution in [2.75, 3.05) is 13.1 Å². The molecule has 0 unspecified atom stereocenters. The minimum atomic E-state index is -0.249. The van der Waals surface area contributed by atoms with Gasteiger partial charge in [-0.3, -0.25) is 4.79 Å². The number of nitrogens with one attached hydrogen (secondary N) is 1. The Bertz CT molecular complexity index is 423. The third-order valence-electron chi connectivity index (χ3n) is 2.94. The van der Waals surface area contributed by atoms with Crippen molar-refractivity contribution in [1.29, 1.82) is 0 Å². The van der Waals surface area contributed by atoms with Crippen molar-refractivity contribution in [2.24, 2.45) is 0 Å². The number of nitrogens with zero attached hydrogens (tertiary/aromatic N) is 1. The summed E-state index contributed by atoms with van der Waals surface area (Å²) in [5, 5.41) is 3.18. The minimum absolute atomic E-state index is 0. The molecule has 0 radical (unpaired) electrons. The fraction of sp³-hybridized carbons (Fsp3) is 0.462. The molecular weight excluding hydrogens is 290 g/mol. The molecule has 1 saturated heterocycles. The predicted octanol–water partition coefficient (Wildman–Crippen LogP) is 2.38. The molecule has 1 amide bonds. The first-order chi connectivity index (χ1) is 7.96. The second-order valence-corrected chi connectivity index (χ2v) is 5.11. The maximum atomic E-state index is 12.8. The van der Waals surface area contributed by atoms with Crippen LogP contribution in [0.5, 0.6) is 0 Å². The van der Waals surface area contributed by atoms with E-state index in [0.717, 1.165) is 5.56 Å². The Kier molecular flexibility index (Phi) is 6.77. The Morgan fingerprint density at radius 1 is 1.26 bits per heavy atom. The van der Waals surface area contributed by atoms with Crippen LogP contribution in [0.1, 0.15) is 19.4 Å². The van der Waals surface area contributed by atoms with Crippen molar-refractivity contribution >= 4 is 30.7 Å². The molecule has 1 aliphatic heterocycles. The van der Waals surface area contributed by atoms with Gasteiger partial charge in [-0.05, 0) is 31.5 Å². The second-order valence-electron chi connectivity index (χ2n) is 5.11. The van der Waals surface area contributed by atoms with E-state index in [9.17, 15) is 9.18 Å². The lowest BCUT2D eigenvalue weighted by atomic mass is 10.0. The first kappa shape index (κ1) is 18.2. The zero-order chi connectivity index (χ0) is 12.5. The second kappa shape index (κ2) is 7.08. The lowest BCUT2D eigenvalue weighted by Gasteiger charge is -2.38. The average Bonchev–Trinajstić information content (AvgIpc) is 2.26. The molecule has 108 valence electrons. The molecule has 6 heteroatoms. The van der Waals surface area contributed by atoms with Crippen molar-refractivity contribution in [3.8, 4) is 0 Å². The first-order valence-electron chi connectivity index (χ1n) is 5.73. The molecule has 2 rings (SSSR count). The van der Waals surface area contributed by atoms with Gasteiger partial charge in [0.15, 0.2) is 0 Å². The zero-order valence-electron chi connectivity index (χ0n) is 11.0. The van der Waals surface area contributed by atoms with Crippen LogP contribution in [-0.4, -0.2) is 29.4 Å². The summed E-state index contributed by atoms with van der Waals surface area (Å²) in [7, 11) is 0. The van der Waals surface area contributed by atoms with Crippen LogP contribution in [0, 0.1) is 5.82 Å². The van der Waals surface area contributed by atoms with E-state index >= 15 is 0 Å². The highest BCUT2D eigenvalue weighted by molar-refractivity contribution is 5.85. The van der Waals surface area contributed by atoms with Gasteiger partial charge in [0, 0.05) is 18.6 Å². The zero-order valence-corrected chi connectivity index (χ0v) is 12.6. The maximum Gasteiger partial charge on any atom is 0.236 e.